The Bertz CT molecular complexity index is 1350. The second-order valence-corrected chi connectivity index (χ2v) is 13.9. The summed E-state index contributed by atoms with van der Waals surface area (Å²) in [6.45, 7) is 14.7. The van der Waals surface area contributed by atoms with Gasteiger partial charge in [-0.25, -0.2) is 9.46 Å². The first-order chi connectivity index (χ1) is 21.8. The highest BCUT2D eigenvalue weighted by molar-refractivity contribution is 7.44. The number of hydrogen-bond acceptors (Lipinski definition) is 11. The van der Waals surface area contributed by atoms with Crippen LogP contribution in [0.1, 0.15) is 66.7 Å². The van der Waals surface area contributed by atoms with Gasteiger partial charge in [0.15, 0.2) is 12.8 Å². The average molecular weight is 662 g/mol. The Kier molecular flexibility index (Phi) is 14.1. The molecule has 0 bridgehead atoms. The zero-order chi connectivity index (χ0) is 34.0. The van der Waals surface area contributed by atoms with Crippen LogP contribution in [0.2, 0.25) is 0 Å². The molecule has 0 unspecified atom stereocenters. The molecular weight excluding hydrogens is 613 g/mol. The van der Waals surface area contributed by atoms with E-state index in [-0.39, 0.29) is 49.6 Å². The first-order valence-corrected chi connectivity index (χ1v) is 16.5. The largest absolute Gasteiger partial charge is 0.484 e. The van der Waals surface area contributed by atoms with Crippen LogP contribution in [0.3, 0.4) is 0 Å². The summed E-state index contributed by atoms with van der Waals surface area (Å²) >= 11 is 0. The molecule has 1 aliphatic heterocycles. The number of benzene rings is 1. The lowest BCUT2D eigenvalue weighted by molar-refractivity contribution is -0.118. The highest BCUT2D eigenvalue weighted by atomic mass is 31.2. The van der Waals surface area contributed by atoms with Gasteiger partial charge in [0.25, 0.3) is 14.4 Å². The van der Waals surface area contributed by atoms with Crippen LogP contribution in [0.4, 0.5) is 5.82 Å². The van der Waals surface area contributed by atoms with Crippen LogP contribution >= 0.6 is 8.53 Å². The third-order valence-corrected chi connectivity index (χ3v) is 9.35. The van der Waals surface area contributed by atoms with Gasteiger partial charge in [0, 0.05) is 32.5 Å². The van der Waals surface area contributed by atoms with Gasteiger partial charge in [-0.1, -0.05) is 32.9 Å². The molecule has 0 aliphatic carbocycles. The van der Waals surface area contributed by atoms with E-state index < -0.39 is 44.7 Å². The fourth-order valence-electron chi connectivity index (χ4n) is 5.06. The normalized spacial score (nSPS) is 20.7. The van der Waals surface area contributed by atoms with Gasteiger partial charge >= 0.3 is 5.69 Å². The van der Waals surface area contributed by atoms with Crippen LogP contribution in [0.5, 0.6) is 5.75 Å². The lowest BCUT2D eigenvalue weighted by Crippen LogP contribution is -2.41. The molecule has 1 saturated heterocycles. The predicted molar refractivity (Wildman–Crippen MR) is 174 cm³/mol. The second-order valence-electron chi connectivity index (χ2n) is 12.5. The van der Waals surface area contributed by atoms with E-state index in [1.165, 1.54) is 23.9 Å². The summed E-state index contributed by atoms with van der Waals surface area (Å²) in [6.07, 6.45) is -1.21. The van der Waals surface area contributed by atoms with E-state index in [1.807, 2.05) is 52.0 Å². The number of methoxy groups -OCH3 is 2. The number of aromatic nitrogens is 2. The summed E-state index contributed by atoms with van der Waals surface area (Å²) in [5.41, 5.74) is 0.505. The van der Waals surface area contributed by atoms with E-state index in [0.29, 0.717) is 5.75 Å². The molecule has 5 atom stereocenters. The first kappa shape index (κ1) is 37.5. The maximum absolute atomic E-state index is 13.2. The van der Waals surface area contributed by atoms with Crippen molar-refractivity contribution >= 4 is 20.3 Å². The third-order valence-electron chi connectivity index (χ3n) is 7.22. The van der Waals surface area contributed by atoms with E-state index in [9.17, 15) is 9.59 Å². The minimum Gasteiger partial charge on any atom is -0.484 e. The van der Waals surface area contributed by atoms with Crippen LogP contribution in [-0.2, 0) is 33.5 Å². The molecule has 1 aromatic heterocycles. The summed E-state index contributed by atoms with van der Waals surface area (Å²) in [5.74, 6) is 0.168. The summed E-state index contributed by atoms with van der Waals surface area (Å²) in [7, 11) is 1.43. The molecule has 3 rings (SSSR count). The Morgan fingerprint density at radius 1 is 1.13 bits per heavy atom. The van der Waals surface area contributed by atoms with Crippen LogP contribution < -0.4 is 15.7 Å². The standard InChI is InChI=1S/C32H48N5O8P/c1-21(2)37(22(3)4)46(43-18-10-16-33)45-28-25(19-40-8)44-30(29(28)41-9)36-17-15-26(35-31(36)39)34-27(38)20-42-24-13-11-23(12-14-24)32(5,6)7/h11-15,17,21-22,25,28-30H,10,18-20H2,1-9H3,(H,34,35,38,39)/t25-,28-,29-,30-,46-/m1/s1. The van der Waals surface area contributed by atoms with Gasteiger partial charge in [-0.2, -0.15) is 10.2 Å². The zero-order valence-corrected chi connectivity index (χ0v) is 29.2. The van der Waals surface area contributed by atoms with Gasteiger partial charge in [-0.3, -0.25) is 9.36 Å². The molecule has 46 heavy (non-hydrogen) atoms. The predicted octanol–water partition coefficient (Wildman–Crippen LogP) is 4.78. The highest BCUT2D eigenvalue weighted by Crippen LogP contribution is 2.50. The van der Waals surface area contributed by atoms with Gasteiger partial charge in [-0.15, -0.1) is 0 Å². The Morgan fingerprint density at radius 3 is 2.35 bits per heavy atom. The van der Waals surface area contributed by atoms with Crippen LogP contribution in [-0.4, -0.2) is 84.6 Å². The number of rotatable bonds is 16. The summed E-state index contributed by atoms with van der Waals surface area (Å²) in [4.78, 5) is 29.8. The van der Waals surface area contributed by atoms with Gasteiger partial charge < -0.3 is 33.3 Å². The lowest BCUT2D eigenvalue weighted by Gasteiger charge is -2.38. The summed E-state index contributed by atoms with van der Waals surface area (Å²) in [5, 5.41) is 11.7. The van der Waals surface area contributed by atoms with Gasteiger partial charge in [-0.05, 0) is 56.9 Å². The van der Waals surface area contributed by atoms with Gasteiger partial charge in [0.2, 0.25) is 0 Å². The van der Waals surface area contributed by atoms with Crippen molar-refractivity contribution in [2.75, 3.05) is 39.4 Å². The molecule has 0 spiro atoms. The monoisotopic (exact) mass is 661 g/mol. The van der Waals surface area contributed by atoms with E-state index in [0.717, 1.165) is 5.56 Å². The van der Waals surface area contributed by atoms with Crippen molar-refractivity contribution in [2.45, 2.75) is 96.9 Å². The SMILES string of the molecule is COC[C@H]1O[C@@H](n2ccc(NC(=O)COc3ccc(C(C)(C)C)cc3)nc2=O)[C@H](OC)[C@@H]1O[P@@](OCCC#N)N(C(C)C)C(C)C. The fourth-order valence-corrected chi connectivity index (χ4v) is 6.83. The van der Waals surface area contributed by atoms with Crippen molar-refractivity contribution in [3.63, 3.8) is 0 Å². The van der Waals surface area contributed by atoms with Crippen LogP contribution in [0, 0.1) is 11.3 Å². The molecule has 13 nitrogen and oxygen atoms in total. The molecular formula is C32H48N5O8P. The maximum Gasteiger partial charge on any atom is 0.351 e. The minimum atomic E-state index is -1.63. The van der Waals surface area contributed by atoms with Crippen molar-refractivity contribution < 1.29 is 32.8 Å². The zero-order valence-electron chi connectivity index (χ0n) is 28.3. The smallest absolute Gasteiger partial charge is 0.351 e. The number of amides is 1. The summed E-state index contributed by atoms with van der Waals surface area (Å²) in [6, 6.07) is 11.3. The molecule has 1 aromatic carbocycles. The molecule has 14 heteroatoms. The van der Waals surface area contributed by atoms with Gasteiger partial charge in [0.05, 0.1) is 25.7 Å². The Balaban J connectivity index is 1.75. The van der Waals surface area contributed by atoms with Gasteiger partial charge in [0.1, 0.15) is 29.9 Å². The second kappa shape index (κ2) is 17.3. The molecule has 1 amide bonds. The lowest BCUT2D eigenvalue weighted by atomic mass is 9.87. The van der Waals surface area contributed by atoms with Crippen molar-refractivity contribution in [3.8, 4) is 11.8 Å². The number of nitriles is 1. The van der Waals surface area contributed by atoms with Crippen molar-refractivity contribution in [2.24, 2.45) is 0 Å². The molecule has 1 aliphatic rings. The number of nitrogens with zero attached hydrogens (tertiary/aromatic N) is 4. The molecule has 0 radical (unpaired) electrons. The number of carbonyl (C=O) groups excluding carboxylic acids is 1. The molecule has 2 aromatic rings. The van der Waals surface area contributed by atoms with Crippen molar-refractivity contribution in [3.05, 3.63) is 52.6 Å². The molecule has 0 saturated carbocycles. The topological polar surface area (TPSA) is 146 Å². The maximum atomic E-state index is 13.2. The Labute approximate surface area is 273 Å². The molecule has 254 valence electrons. The average Bonchev–Trinajstić information content (AvgIpc) is 3.32. The van der Waals surface area contributed by atoms with E-state index in [4.69, 9.17) is 33.3 Å². The number of hydrogen-bond donors (Lipinski definition) is 1. The quantitative estimate of drug-likeness (QED) is 0.196. The third kappa shape index (κ3) is 10.0. The number of carbonyl (C=O) groups is 1. The molecule has 1 N–H and O–H groups in total. The number of nitrogens with one attached hydrogen (secondary N) is 1. The van der Waals surface area contributed by atoms with Crippen LogP contribution in [0.15, 0.2) is 41.3 Å². The summed E-state index contributed by atoms with van der Waals surface area (Å²) < 4.78 is 39.2. The van der Waals surface area contributed by atoms with E-state index in [2.05, 4.69) is 41.8 Å². The number of ether oxygens (including phenoxy) is 4. The Morgan fingerprint density at radius 2 is 1.80 bits per heavy atom. The van der Waals surface area contributed by atoms with Crippen molar-refractivity contribution in [1.29, 1.82) is 5.26 Å². The molecule has 1 fully saturated rings. The van der Waals surface area contributed by atoms with Crippen LogP contribution in [0.25, 0.3) is 0 Å². The first-order valence-electron chi connectivity index (χ1n) is 15.3. The Hall–Kier alpha value is -2.95. The van der Waals surface area contributed by atoms with E-state index in [1.54, 1.807) is 7.11 Å². The minimum absolute atomic E-state index is 0.00608. The fraction of sp³-hybridized carbons (Fsp3) is 0.625. The van der Waals surface area contributed by atoms with E-state index >= 15 is 0 Å². The van der Waals surface area contributed by atoms with Crippen molar-refractivity contribution in [1.82, 2.24) is 14.2 Å². The number of anilines is 1. The highest BCUT2D eigenvalue weighted by Gasteiger charge is 2.49. The molecule has 2 heterocycles.